The lowest BCUT2D eigenvalue weighted by Crippen LogP contribution is -2.34. The summed E-state index contributed by atoms with van der Waals surface area (Å²) in [7, 11) is 0. The summed E-state index contributed by atoms with van der Waals surface area (Å²) in [5.41, 5.74) is 1.08. The second kappa shape index (κ2) is 7.56. The molecule has 2 atom stereocenters. The van der Waals surface area contributed by atoms with Gasteiger partial charge in [0.15, 0.2) is 13.0 Å². The molecule has 1 saturated carbocycles. The van der Waals surface area contributed by atoms with E-state index in [-0.39, 0.29) is 6.73 Å². The molecule has 0 aliphatic heterocycles. The van der Waals surface area contributed by atoms with Crippen molar-refractivity contribution in [3.05, 3.63) is 23.5 Å². The van der Waals surface area contributed by atoms with Crippen molar-refractivity contribution in [2.45, 2.75) is 32.4 Å². The van der Waals surface area contributed by atoms with Crippen molar-refractivity contribution in [1.82, 2.24) is 14.8 Å². The van der Waals surface area contributed by atoms with E-state index in [1.807, 2.05) is 0 Å². The Bertz CT molecular complexity index is 784. The van der Waals surface area contributed by atoms with E-state index in [0.29, 0.717) is 29.8 Å². The van der Waals surface area contributed by atoms with E-state index in [1.54, 1.807) is 17.8 Å². The molecular weight excluding hydrogens is 346 g/mol. The van der Waals surface area contributed by atoms with Crippen molar-refractivity contribution in [2.24, 2.45) is 11.8 Å². The van der Waals surface area contributed by atoms with Crippen LogP contribution in [0, 0.1) is 11.8 Å². The standard InChI is InChI=1S/C16H17N3O5S/c20-7-11-8-25-14(18-11)10-5-17-19(6-10)9-24-16(23)13-4-2-1-3-12(13)15(21)22/h5-8,12-13H,1-4,9H2,(H,21,22). The second-order valence-electron chi connectivity index (χ2n) is 5.89. The smallest absolute Gasteiger partial charge is 0.311 e. The molecule has 0 radical (unpaired) electrons. The quantitative estimate of drug-likeness (QED) is 0.618. The molecule has 0 spiro atoms. The number of carboxylic acid groups (broad SMARTS) is 1. The van der Waals surface area contributed by atoms with Gasteiger partial charge in [-0.1, -0.05) is 12.8 Å². The summed E-state index contributed by atoms with van der Waals surface area (Å²) in [6.45, 7) is -0.0897. The van der Waals surface area contributed by atoms with Gasteiger partial charge in [-0.3, -0.25) is 14.4 Å². The number of carbonyl (C=O) groups excluding carboxylic acids is 2. The van der Waals surface area contributed by atoms with E-state index >= 15 is 0 Å². The third-order valence-electron chi connectivity index (χ3n) is 4.25. The van der Waals surface area contributed by atoms with E-state index in [1.165, 1.54) is 16.0 Å². The Labute approximate surface area is 147 Å². The number of esters is 1. The van der Waals surface area contributed by atoms with Gasteiger partial charge in [0.25, 0.3) is 0 Å². The van der Waals surface area contributed by atoms with Crippen LogP contribution < -0.4 is 0 Å². The molecule has 1 aliphatic carbocycles. The maximum absolute atomic E-state index is 12.2. The number of thiazole rings is 1. The number of carbonyl (C=O) groups is 3. The van der Waals surface area contributed by atoms with Gasteiger partial charge in [-0.15, -0.1) is 11.3 Å². The molecule has 0 saturated heterocycles. The lowest BCUT2D eigenvalue weighted by molar-refractivity contribution is -0.162. The van der Waals surface area contributed by atoms with Gasteiger partial charge in [0.1, 0.15) is 10.7 Å². The minimum absolute atomic E-state index is 0.0897. The molecule has 1 N–H and O–H groups in total. The number of aromatic nitrogens is 3. The summed E-state index contributed by atoms with van der Waals surface area (Å²) < 4.78 is 6.69. The number of carboxylic acids is 1. The maximum atomic E-state index is 12.2. The molecule has 0 amide bonds. The molecule has 8 nitrogen and oxygen atoms in total. The van der Waals surface area contributed by atoms with Crippen molar-refractivity contribution in [2.75, 3.05) is 0 Å². The highest BCUT2D eigenvalue weighted by Gasteiger charge is 2.36. The van der Waals surface area contributed by atoms with Crippen LogP contribution in [0.25, 0.3) is 10.6 Å². The Hall–Kier alpha value is -2.55. The van der Waals surface area contributed by atoms with E-state index in [0.717, 1.165) is 18.4 Å². The van der Waals surface area contributed by atoms with Gasteiger partial charge in [0.2, 0.25) is 0 Å². The van der Waals surface area contributed by atoms with Gasteiger partial charge < -0.3 is 9.84 Å². The van der Waals surface area contributed by atoms with E-state index in [9.17, 15) is 19.5 Å². The Morgan fingerprint density at radius 3 is 2.80 bits per heavy atom. The molecule has 2 aromatic rings. The van der Waals surface area contributed by atoms with Crippen LogP contribution in [0.15, 0.2) is 17.8 Å². The Kier molecular flexibility index (Phi) is 5.22. The summed E-state index contributed by atoms with van der Waals surface area (Å²) in [5, 5.41) is 15.6. The fraction of sp³-hybridized carbons (Fsp3) is 0.438. The van der Waals surface area contributed by atoms with Crippen molar-refractivity contribution in [3.8, 4) is 10.6 Å². The van der Waals surface area contributed by atoms with Crippen molar-refractivity contribution < 1.29 is 24.2 Å². The normalized spacial score (nSPS) is 20.2. The van der Waals surface area contributed by atoms with Gasteiger partial charge in [0, 0.05) is 17.1 Å². The summed E-state index contributed by atoms with van der Waals surface area (Å²) in [6.07, 6.45) is 6.60. The minimum atomic E-state index is -0.947. The number of nitrogens with zero attached hydrogens (tertiary/aromatic N) is 3. The van der Waals surface area contributed by atoms with Gasteiger partial charge in [-0.05, 0) is 12.8 Å². The molecule has 3 rings (SSSR count). The molecule has 0 aromatic carbocycles. The monoisotopic (exact) mass is 363 g/mol. The van der Waals surface area contributed by atoms with Crippen LogP contribution in [0.4, 0.5) is 0 Å². The largest absolute Gasteiger partial charge is 0.481 e. The first-order valence-electron chi connectivity index (χ1n) is 7.91. The third kappa shape index (κ3) is 3.93. The van der Waals surface area contributed by atoms with Crippen LogP contribution in [0.5, 0.6) is 0 Å². The topological polar surface area (TPSA) is 111 Å². The highest BCUT2D eigenvalue weighted by molar-refractivity contribution is 7.13. The lowest BCUT2D eigenvalue weighted by atomic mass is 9.79. The number of ether oxygens (including phenoxy) is 1. The molecule has 25 heavy (non-hydrogen) atoms. The van der Waals surface area contributed by atoms with E-state index < -0.39 is 23.8 Å². The van der Waals surface area contributed by atoms with Gasteiger partial charge >= 0.3 is 11.9 Å². The van der Waals surface area contributed by atoms with Crippen molar-refractivity contribution >= 4 is 29.6 Å². The van der Waals surface area contributed by atoms with Gasteiger partial charge in [0.05, 0.1) is 18.0 Å². The van der Waals surface area contributed by atoms with Crippen LogP contribution in [-0.4, -0.2) is 38.1 Å². The van der Waals surface area contributed by atoms with Crippen molar-refractivity contribution in [3.63, 3.8) is 0 Å². The number of hydrogen-bond acceptors (Lipinski definition) is 7. The first-order chi connectivity index (χ1) is 12.1. The predicted octanol–water partition coefficient (Wildman–Crippen LogP) is 2.21. The number of hydrogen-bond donors (Lipinski definition) is 1. The molecule has 2 heterocycles. The first-order valence-corrected chi connectivity index (χ1v) is 8.79. The molecular formula is C16H17N3O5S. The Morgan fingerprint density at radius 2 is 2.12 bits per heavy atom. The summed E-state index contributed by atoms with van der Waals surface area (Å²) >= 11 is 1.32. The van der Waals surface area contributed by atoms with Gasteiger partial charge in [-0.2, -0.15) is 5.10 Å². The molecule has 1 aliphatic rings. The fourth-order valence-corrected chi connectivity index (χ4v) is 3.70. The molecule has 2 aromatic heterocycles. The maximum Gasteiger partial charge on any atom is 0.311 e. The fourth-order valence-electron chi connectivity index (χ4n) is 2.96. The third-order valence-corrected chi connectivity index (χ3v) is 5.16. The second-order valence-corrected chi connectivity index (χ2v) is 6.75. The SMILES string of the molecule is O=Cc1csc(-c2cnn(COC(=O)C3CCCCC3C(=O)O)c2)n1. The zero-order valence-corrected chi connectivity index (χ0v) is 14.1. The first kappa shape index (κ1) is 17.3. The molecule has 132 valence electrons. The molecule has 0 bridgehead atoms. The molecule has 9 heteroatoms. The molecule has 2 unspecified atom stereocenters. The Morgan fingerprint density at radius 1 is 1.36 bits per heavy atom. The van der Waals surface area contributed by atoms with Crippen LogP contribution >= 0.6 is 11.3 Å². The highest BCUT2D eigenvalue weighted by atomic mass is 32.1. The van der Waals surface area contributed by atoms with E-state index in [4.69, 9.17) is 4.74 Å². The summed E-state index contributed by atoms with van der Waals surface area (Å²) in [5.74, 6) is -2.72. The van der Waals surface area contributed by atoms with Gasteiger partial charge in [-0.25, -0.2) is 9.67 Å². The van der Waals surface area contributed by atoms with Crippen LogP contribution in [0.2, 0.25) is 0 Å². The lowest BCUT2D eigenvalue weighted by Gasteiger charge is -2.26. The minimum Gasteiger partial charge on any atom is -0.481 e. The van der Waals surface area contributed by atoms with Crippen LogP contribution in [0.3, 0.4) is 0 Å². The summed E-state index contributed by atoms with van der Waals surface area (Å²) in [4.78, 5) is 38.3. The average molecular weight is 363 g/mol. The van der Waals surface area contributed by atoms with Crippen LogP contribution in [0.1, 0.15) is 36.2 Å². The van der Waals surface area contributed by atoms with E-state index in [2.05, 4.69) is 10.1 Å². The zero-order valence-electron chi connectivity index (χ0n) is 13.3. The predicted molar refractivity (Wildman–Crippen MR) is 87.9 cm³/mol. The highest BCUT2D eigenvalue weighted by Crippen LogP contribution is 2.31. The number of rotatable bonds is 6. The molecule has 1 fully saturated rings. The Balaban J connectivity index is 1.60. The average Bonchev–Trinajstić information content (AvgIpc) is 3.28. The number of aldehydes is 1. The number of aliphatic carboxylic acids is 1. The van der Waals surface area contributed by atoms with Crippen molar-refractivity contribution in [1.29, 1.82) is 0 Å². The summed E-state index contributed by atoms with van der Waals surface area (Å²) in [6, 6.07) is 0. The zero-order chi connectivity index (χ0) is 17.8. The van der Waals surface area contributed by atoms with Crippen LogP contribution in [-0.2, 0) is 21.1 Å².